The van der Waals surface area contributed by atoms with Crippen LogP contribution in [0.4, 0.5) is 11.4 Å². The Morgan fingerprint density at radius 3 is 2.71 bits per heavy atom. The van der Waals surface area contributed by atoms with Crippen molar-refractivity contribution in [1.29, 1.82) is 0 Å². The van der Waals surface area contributed by atoms with Crippen molar-refractivity contribution < 1.29 is 4.74 Å². The molecule has 92 valence electrons. The Morgan fingerprint density at radius 2 is 1.88 bits per heavy atom. The van der Waals surface area contributed by atoms with E-state index in [9.17, 15) is 0 Å². The average molecular weight is 253 g/mol. The van der Waals surface area contributed by atoms with E-state index in [1.807, 2.05) is 12.1 Å². The molecule has 2 heterocycles. The molecule has 1 spiro atoms. The summed E-state index contributed by atoms with van der Waals surface area (Å²) in [6.07, 6.45) is 2.22. The average Bonchev–Trinajstić information content (AvgIpc) is 2.53. The monoisotopic (exact) mass is 252 g/mol. The highest BCUT2D eigenvalue weighted by Crippen LogP contribution is 2.38. The molecule has 0 radical (unpaired) electrons. The summed E-state index contributed by atoms with van der Waals surface area (Å²) in [5.74, 6) is 0. The van der Waals surface area contributed by atoms with Crippen LogP contribution >= 0.6 is 11.6 Å². The summed E-state index contributed by atoms with van der Waals surface area (Å²) in [5, 5.41) is 7.82. The van der Waals surface area contributed by atoms with Crippen LogP contribution in [0.15, 0.2) is 18.2 Å². The molecule has 1 aromatic rings. The number of anilines is 2. The molecule has 0 amide bonds. The molecule has 2 N–H and O–H groups in total. The molecule has 1 saturated heterocycles. The molecule has 3 rings (SSSR count). The summed E-state index contributed by atoms with van der Waals surface area (Å²) in [7, 11) is 0. The van der Waals surface area contributed by atoms with Gasteiger partial charge in [-0.25, -0.2) is 0 Å². The van der Waals surface area contributed by atoms with Gasteiger partial charge in [0.25, 0.3) is 0 Å². The zero-order valence-electron chi connectivity index (χ0n) is 9.76. The predicted molar refractivity (Wildman–Crippen MR) is 70.9 cm³/mol. The highest BCUT2D eigenvalue weighted by atomic mass is 35.5. The minimum absolute atomic E-state index is 0.306. The normalized spacial score (nSPS) is 22.2. The van der Waals surface area contributed by atoms with Crippen molar-refractivity contribution in [3.63, 3.8) is 0 Å². The Balaban J connectivity index is 1.85. The van der Waals surface area contributed by atoms with Crippen LogP contribution < -0.4 is 10.6 Å². The third-order valence-electron chi connectivity index (χ3n) is 3.86. The van der Waals surface area contributed by atoms with E-state index < -0.39 is 0 Å². The Bertz CT molecular complexity index is 416. The molecule has 2 aliphatic heterocycles. The van der Waals surface area contributed by atoms with Crippen molar-refractivity contribution in [2.75, 3.05) is 36.9 Å². The Hall–Kier alpha value is -0.930. The molecule has 1 fully saturated rings. The summed E-state index contributed by atoms with van der Waals surface area (Å²) < 4.78 is 5.46. The maximum atomic E-state index is 6.21. The van der Waals surface area contributed by atoms with Gasteiger partial charge in [0.05, 0.1) is 16.4 Å². The van der Waals surface area contributed by atoms with E-state index in [0.717, 1.165) is 55.5 Å². The number of ether oxygens (including phenoxy) is 1. The fraction of sp³-hybridized carbons (Fsp3) is 0.538. The van der Waals surface area contributed by atoms with Crippen LogP contribution in [0, 0.1) is 5.41 Å². The van der Waals surface area contributed by atoms with E-state index in [4.69, 9.17) is 16.3 Å². The lowest BCUT2D eigenvalue weighted by Crippen LogP contribution is -2.40. The van der Waals surface area contributed by atoms with Gasteiger partial charge < -0.3 is 15.4 Å². The predicted octanol–water partition coefficient (Wildman–Crippen LogP) is 2.97. The van der Waals surface area contributed by atoms with Crippen molar-refractivity contribution in [3.8, 4) is 0 Å². The third-order valence-corrected chi connectivity index (χ3v) is 4.18. The van der Waals surface area contributed by atoms with E-state index in [-0.39, 0.29) is 0 Å². The first-order chi connectivity index (χ1) is 8.29. The summed E-state index contributed by atoms with van der Waals surface area (Å²) in [4.78, 5) is 0. The number of rotatable bonds is 0. The summed E-state index contributed by atoms with van der Waals surface area (Å²) >= 11 is 6.21. The first-order valence-electron chi connectivity index (χ1n) is 6.13. The second kappa shape index (κ2) is 4.39. The molecule has 0 aromatic heterocycles. The van der Waals surface area contributed by atoms with Crippen molar-refractivity contribution in [2.45, 2.75) is 12.8 Å². The van der Waals surface area contributed by atoms with E-state index in [1.165, 1.54) is 0 Å². The molecule has 0 aliphatic carbocycles. The van der Waals surface area contributed by atoms with Crippen molar-refractivity contribution in [3.05, 3.63) is 23.2 Å². The molecule has 17 heavy (non-hydrogen) atoms. The van der Waals surface area contributed by atoms with Gasteiger partial charge in [-0.3, -0.25) is 0 Å². The fourth-order valence-electron chi connectivity index (χ4n) is 2.63. The van der Waals surface area contributed by atoms with Gasteiger partial charge in [-0.05, 0) is 25.0 Å². The number of hydrogen-bond donors (Lipinski definition) is 2. The topological polar surface area (TPSA) is 33.3 Å². The number of nitrogens with one attached hydrogen (secondary N) is 2. The zero-order chi connectivity index (χ0) is 11.7. The second-order valence-corrected chi connectivity index (χ2v) is 5.39. The molecule has 0 saturated carbocycles. The van der Waals surface area contributed by atoms with Gasteiger partial charge in [-0.1, -0.05) is 17.7 Å². The van der Waals surface area contributed by atoms with Crippen LogP contribution in [-0.4, -0.2) is 26.3 Å². The number of fused-ring (bicyclic) bond motifs is 1. The van der Waals surface area contributed by atoms with Gasteiger partial charge in [0, 0.05) is 31.7 Å². The second-order valence-electron chi connectivity index (χ2n) is 4.98. The van der Waals surface area contributed by atoms with Crippen LogP contribution in [0.5, 0.6) is 0 Å². The van der Waals surface area contributed by atoms with Gasteiger partial charge >= 0.3 is 0 Å². The summed E-state index contributed by atoms with van der Waals surface area (Å²) in [5.41, 5.74) is 2.46. The smallest absolute Gasteiger partial charge is 0.0765 e. The lowest BCUT2D eigenvalue weighted by atomic mass is 9.80. The molecule has 3 nitrogen and oxygen atoms in total. The number of halogens is 1. The van der Waals surface area contributed by atoms with E-state index in [2.05, 4.69) is 16.7 Å². The first kappa shape index (κ1) is 11.2. The zero-order valence-corrected chi connectivity index (χ0v) is 10.5. The Morgan fingerprint density at radius 1 is 1.12 bits per heavy atom. The van der Waals surface area contributed by atoms with Crippen molar-refractivity contribution in [1.82, 2.24) is 0 Å². The van der Waals surface area contributed by atoms with Crippen molar-refractivity contribution in [2.24, 2.45) is 5.41 Å². The van der Waals surface area contributed by atoms with Crippen LogP contribution in [0.3, 0.4) is 0 Å². The SMILES string of the molecule is Clc1cccc2c1NCC1(CCOCC1)CN2. The molecular weight excluding hydrogens is 236 g/mol. The fourth-order valence-corrected chi connectivity index (χ4v) is 2.87. The number of benzene rings is 1. The molecule has 0 unspecified atom stereocenters. The molecule has 0 atom stereocenters. The van der Waals surface area contributed by atoms with Crippen LogP contribution in [0.1, 0.15) is 12.8 Å². The standard InChI is InChI=1S/C13H17ClN2O/c14-10-2-1-3-11-12(10)16-9-13(8-15-11)4-6-17-7-5-13/h1-3,15-16H,4-9H2. The number of hydrogen-bond acceptors (Lipinski definition) is 3. The van der Waals surface area contributed by atoms with E-state index in [0.29, 0.717) is 5.41 Å². The van der Waals surface area contributed by atoms with Crippen LogP contribution in [0.2, 0.25) is 5.02 Å². The van der Waals surface area contributed by atoms with Gasteiger partial charge in [0.15, 0.2) is 0 Å². The lowest BCUT2D eigenvalue weighted by Gasteiger charge is -2.36. The molecule has 1 aromatic carbocycles. The molecule has 0 bridgehead atoms. The third kappa shape index (κ3) is 2.09. The largest absolute Gasteiger partial charge is 0.383 e. The molecular formula is C13H17ClN2O. The first-order valence-corrected chi connectivity index (χ1v) is 6.51. The lowest BCUT2D eigenvalue weighted by molar-refractivity contribution is 0.0276. The van der Waals surface area contributed by atoms with Gasteiger partial charge in [0.2, 0.25) is 0 Å². The van der Waals surface area contributed by atoms with Gasteiger partial charge in [0.1, 0.15) is 0 Å². The quantitative estimate of drug-likeness (QED) is 0.745. The van der Waals surface area contributed by atoms with Crippen LogP contribution in [0.25, 0.3) is 0 Å². The van der Waals surface area contributed by atoms with Gasteiger partial charge in [-0.2, -0.15) is 0 Å². The Labute approximate surface area is 106 Å². The minimum atomic E-state index is 0.306. The summed E-state index contributed by atoms with van der Waals surface area (Å²) in [6, 6.07) is 5.99. The molecule has 4 heteroatoms. The summed E-state index contributed by atoms with van der Waals surface area (Å²) in [6.45, 7) is 3.71. The highest BCUT2D eigenvalue weighted by molar-refractivity contribution is 6.34. The maximum Gasteiger partial charge on any atom is 0.0765 e. The number of para-hydroxylation sites is 1. The molecule has 2 aliphatic rings. The van der Waals surface area contributed by atoms with Gasteiger partial charge in [-0.15, -0.1) is 0 Å². The van der Waals surface area contributed by atoms with Crippen molar-refractivity contribution >= 4 is 23.0 Å². The highest BCUT2D eigenvalue weighted by Gasteiger charge is 2.34. The van der Waals surface area contributed by atoms with E-state index >= 15 is 0 Å². The maximum absolute atomic E-state index is 6.21. The Kier molecular flexibility index (Phi) is 2.89. The van der Waals surface area contributed by atoms with Crippen LogP contribution in [-0.2, 0) is 4.74 Å². The van der Waals surface area contributed by atoms with E-state index in [1.54, 1.807) is 0 Å². The minimum Gasteiger partial charge on any atom is -0.383 e.